The summed E-state index contributed by atoms with van der Waals surface area (Å²) in [6.45, 7) is 1.95. The van der Waals surface area contributed by atoms with Gasteiger partial charge in [0.15, 0.2) is 0 Å². The maximum Gasteiger partial charge on any atom is 0.573 e. The van der Waals surface area contributed by atoms with Gasteiger partial charge >= 0.3 is 12.3 Å². The van der Waals surface area contributed by atoms with Crippen molar-refractivity contribution in [3.05, 3.63) is 54.6 Å². The van der Waals surface area contributed by atoms with Gasteiger partial charge in [0.2, 0.25) is 0 Å². The molecule has 0 radical (unpaired) electrons. The summed E-state index contributed by atoms with van der Waals surface area (Å²) in [4.78, 5) is 15.5. The van der Waals surface area contributed by atoms with Crippen molar-refractivity contribution in [1.29, 1.82) is 0 Å². The normalized spacial score (nSPS) is 11.9. The van der Waals surface area contributed by atoms with Crippen LogP contribution in [0.5, 0.6) is 5.75 Å². The van der Waals surface area contributed by atoms with E-state index in [1.54, 1.807) is 25.3 Å². The summed E-state index contributed by atoms with van der Waals surface area (Å²) in [6.07, 6.45) is 0.938. The molecule has 5 nitrogen and oxygen atoms in total. The van der Waals surface area contributed by atoms with Crippen LogP contribution in [0.1, 0.15) is 12.7 Å². The lowest BCUT2D eigenvalue weighted by Crippen LogP contribution is -2.17. The zero-order valence-corrected chi connectivity index (χ0v) is 14.1. The maximum atomic E-state index is 12.4. The Labute approximate surface area is 152 Å². The number of carbonyl (C=O) groups excluding carboxylic acids is 1. The average molecular weight is 377 g/mol. The Hall–Kier alpha value is -3.29. The summed E-state index contributed by atoms with van der Waals surface area (Å²) in [5.41, 5.74) is 1.37. The number of hydrogen-bond donors (Lipinski definition) is 0. The van der Waals surface area contributed by atoms with Crippen LogP contribution in [0.3, 0.4) is 0 Å². The lowest BCUT2D eigenvalue weighted by molar-refractivity contribution is -0.274. The number of furan rings is 1. The first-order chi connectivity index (χ1) is 12.9. The van der Waals surface area contributed by atoms with Gasteiger partial charge in [-0.2, -0.15) is 0 Å². The molecular weight excluding hydrogens is 363 g/mol. The molecule has 0 fully saturated rings. The molecule has 0 spiro atoms. The van der Waals surface area contributed by atoms with Crippen molar-refractivity contribution in [1.82, 2.24) is 4.98 Å². The largest absolute Gasteiger partial charge is 0.573 e. The lowest BCUT2D eigenvalue weighted by Gasteiger charge is -2.10. The minimum absolute atomic E-state index is 0.258. The smallest absolute Gasteiger partial charge is 0.463 e. The van der Waals surface area contributed by atoms with Gasteiger partial charge in [-0.3, -0.25) is 4.98 Å². The Morgan fingerprint density at radius 1 is 1.26 bits per heavy atom. The highest BCUT2D eigenvalue weighted by Gasteiger charge is 2.31. The molecule has 0 atom stereocenters. The monoisotopic (exact) mass is 377 g/mol. The second kappa shape index (κ2) is 7.53. The minimum atomic E-state index is -4.78. The van der Waals surface area contributed by atoms with E-state index in [1.165, 1.54) is 36.5 Å². The fourth-order valence-electron chi connectivity index (χ4n) is 2.47. The van der Waals surface area contributed by atoms with Crippen molar-refractivity contribution in [2.75, 3.05) is 6.61 Å². The molecule has 0 unspecified atom stereocenters. The number of alkyl halides is 3. The van der Waals surface area contributed by atoms with Gasteiger partial charge in [-0.15, -0.1) is 13.2 Å². The Kier molecular flexibility index (Phi) is 5.16. The molecule has 0 amide bonds. The van der Waals surface area contributed by atoms with Crippen molar-refractivity contribution in [2.45, 2.75) is 13.3 Å². The van der Waals surface area contributed by atoms with Crippen molar-refractivity contribution >= 4 is 23.0 Å². The number of carbonyl (C=O) groups is 1. The van der Waals surface area contributed by atoms with E-state index in [2.05, 4.69) is 9.72 Å². The molecule has 27 heavy (non-hydrogen) atoms. The molecule has 0 aliphatic heterocycles. The predicted octanol–water partition coefficient (Wildman–Crippen LogP) is 4.97. The fraction of sp³-hybridized carbons (Fsp3) is 0.158. The highest BCUT2D eigenvalue weighted by molar-refractivity contribution is 5.94. The fourth-order valence-corrected chi connectivity index (χ4v) is 2.47. The third-order valence-electron chi connectivity index (χ3n) is 3.49. The highest BCUT2D eigenvalue weighted by Crippen LogP contribution is 2.33. The maximum absolute atomic E-state index is 12.4. The Balaban J connectivity index is 1.96. The molecule has 2 aromatic heterocycles. The number of benzene rings is 1. The zero-order valence-electron chi connectivity index (χ0n) is 14.1. The van der Waals surface area contributed by atoms with E-state index < -0.39 is 12.3 Å². The topological polar surface area (TPSA) is 61.6 Å². The molecule has 0 bridgehead atoms. The lowest BCUT2D eigenvalue weighted by atomic mass is 10.1. The van der Waals surface area contributed by atoms with Crippen LogP contribution < -0.4 is 4.74 Å². The van der Waals surface area contributed by atoms with E-state index in [0.29, 0.717) is 27.9 Å². The average Bonchev–Trinajstić information content (AvgIpc) is 3.02. The van der Waals surface area contributed by atoms with Crippen molar-refractivity contribution < 1.29 is 31.9 Å². The Morgan fingerprint density at radius 3 is 2.81 bits per heavy atom. The number of fused-ring (bicyclic) bond motifs is 1. The van der Waals surface area contributed by atoms with Crippen LogP contribution in [0.25, 0.3) is 28.2 Å². The van der Waals surface area contributed by atoms with Crippen LogP contribution in [0.2, 0.25) is 0 Å². The quantitative estimate of drug-likeness (QED) is 0.464. The second-order valence-corrected chi connectivity index (χ2v) is 5.42. The third kappa shape index (κ3) is 4.66. The summed E-state index contributed by atoms with van der Waals surface area (Å²) in [5.74, 6) is -0.464. The van der Waals surface area contributed by atoms with E-state index in [1.807, 2.05) is 0 Å². The van der Waals surface area contributed by atoms with Gasteiger partial charge in [0.05, 0.1) is 6.61 Å². The molecule has 0 saturated heterocycles. The number of esters is 1. The number of rotatable bonds is 5. The van der Waals surface area contributed by atoms with Crippen LogP contribution in [0, 0.1) is 0 Å². The summed E-state index contributed by atoms with van der Waals surface area (Å²) in [5, 5.41) is 0.637. The molecule has 8 heteroatoms. The van der Waals surface area contributed by atoms with Gasteiger partial charge < -0.3 is 13.9 Å². The van der Waals surface area contributed by atoms with E-state index in [9.17, 15) is 18.0 Å². The van der Waals surface area contributed by atoms with E-state index in [0.717, 1.165) is 0 Å². The van der Waals surface area contributed by atoms with E-state index in [4.69, 9.17) is 9.15 Å². The number of aromatic nitrogens is 1. The SMILES string of the molecule is CCOC(=O)/C=C/c1cc2cncc(-c3cccc(OC(F)(F)F)c3)c2o1. The van der Waals surface area contributed by atoms with Crippen molar-refractivity contribution in [2.24, 2.45) is 0 Å². The second-order valence-electron chi connectivity index (χ2n) is 5.42. The standard InChI is InChI=1S/C19H14F3NO4/c1-2-25-17(24)7-6-14-9-13-10-23-11-16(18(13)26-14)12-4-3-5-15(8-12)27-19(20,21)22/h3-11H,2H2,1H3/b7-6+. The van der Waals surface area contributed by atoms with E-state index >= 15 is 0 Å². The summed E-state index contributed by atoms with van der Waals surface area (Å²) < 4.78 is 51.8. The molecule has 0 aliphatic carbocycles. The molecule has 0 saturated carbocycles. The van der Waals surface area contributed by atoms with Crippen molar-refractivity contribution in [3.63, 3.8) is 0 Å². The first kappa shape index (κ1) is 18.5. The molecular formula is C19H14F3NO4. The van der Waals surface area contributed by atoms with Crippen LogP contribution in [0.4, 0.5) is 13.2 Å². The van der Waals surface area contributed by atoms with Gasteiger partial charge in [0.25, 0.3) is 0 Å². The highest BCUT2D eigenvalue weighted by atomic mass is 19.4. The van der Waals surface area contributed by atoms with Gasteiger partial charge in [0, 0.05) is 29.4 Å². The predicted molar refractivity (Wildman–Crippen MR) is 91.8 cm³/mol. The van der Waals surface area contributed by atoms with Gasteiger partial charge in [0.1, 0.15) is 17.1 Å². The first-order valence-corrected chi connectivity index (χ1v) is 7.94. The number of pyridine rings is 1. The van der Waals surface area contributed by atoms with Gasteiger partial charge in [-0.05, 0) is 36.8 Å². The number of ether oxygens (including phenoxy) is 2. The molecule has 3 aromatic rings. The molecule has 0 N–H and O–H groups in total. The third-order valence-corrected chi connectivity index (χ3v) is 3.49. The number of nitrogens with zero attached hydrogens (tertiary/aromatic N) is 1. The molecule has 140 valence electrons. The van der Waals surface area contributed by atoms with Gasteiger partial charge in [-0.25, -0.2) is 4.79 Å². The Morgan fingerprint density at radius 2 is 2.07 bits per heavy atom. The van der Waals surface area contributed by atoms with Crippen LogP contribution in [-0.4, -0.2) is 23.9 Å². The Bertz CT molecular complexity index is 992. The van der Waals surface area contributed by atoms with Crippen LogP contribution >= 0.6 is 0 Å². The van der Waals surface area contributed by atoms with Crippen molar-refractivity contribution in [3.8, 4) is 16.9 Å². The summed E-state index contributed by atoms with van der Waals surface area (Å²) >= 11 is 0. The molecule has 3 rings (SSSR count). The van der Waals surface area contributed by atoms with Crippen LogP contribution in [-0.2, 0) is 9.53 Å². The minimum Gasteiger partial charge on any atom is -0.463 e. The van der Waals surface area contributed by atoms with Gasteiger partial charge in [-0.1, -0.05) is 12.1 Å². The molecule has 2 heterocycles. The first-order valence-electron chi connectivity index (χ1n) is 7.94. The number of hydrogen-bond acceptors (Lipinski definition) is 5. The zero-order chi connectivity index (χ0) is 19.4. The van der Waals surface area contributed by atoms with Crippen LogP contribution in [0.15, 0.2) is 53.2 Å². The van der Waals surface area contributed by atoms with E-state index in [-0.39, 0.29) is 12.4 Å². The summed E-state index contributed by atoms with van der Waals surface area (Å²) in [6, 6.07) is 7.19. The molecule has 1 aromatic carbocycles. The number of halogens is 3. The summed E-state index contributed by atoms with van der Waals surface area (Å²) in [7, 11) is 0. The molecule has 0 aliphatic rings.